The molecule has 1 unspecified atom stereocenters. The molecule has 60 heavy (non-hydrogen) atoms. The minimum atomic E-state index is -0.111. The van der Waals surface area contributed by atoms with Crippen molar-refractivity contribution in [3.05, 3.63) is 45.6 Å². The predicted molar refractivity (Wildman–Crippen MR) is 239 cm³/mol. The highest BCUT2D eigenvalue weighted by molar-refractivity contribution is 5.91. The fourth-order valence-electron chi connectivity index (χ4n) is 18.1. The number of nitrogens with one attached hydrogen (secondary N) is 2. The van der Waals surface area contributed by atoms with Crippen LogP contribution in [-0.2, 0) is 14.3 Å². The van der Waals surface area contributed by atoms with Crippen LogP contribution in [0.2, 0.25) is 0 Å². The van der Waals surface area contributed by atoms with Crippen LogP contribution in [0.5, 0.6) is 0 Å². The summed E-state index contributed by atoms with van der Waals surface area (Å²) >= 11 is 0. The van der Waals surface area contributed by atoms with Gasteiger partial charge in [0, 0.05) is 30.3 Å². The Balaban J connectivity index is 0.000000136. The van der Waals surface area contributed by atoms with Crippen molar-refractivity contribution < 1.29 is 19.4 Å². The van der Waals surface area contributed by atoms with E-state index in [9.17, 15) is 9.90 Å². The summed E-state index contributed by atoms with van der Waals surface area (Å²) in [6, 6.07) is 1.05. The van der Waals surface area contributed by atoms with Gasteiger partial charge in [-0.15, -0.1) is 0 Å². The summed E-state index contributed by atoms with van der Waals surface area (Å²) in [7, 11) is 0. The monoisotopic (exact) mass is 821 g/mol. The van der Waals surface area contributed by atoms with E-state index in [1.54, 1.807) is 27.9 Å². The minimum Gasteiger partial charge on any atom is -0.393 e. The SMILES string of the molecule is CC1=C2C[C@H]3[C@@H](CC=C4CC(O)CC[C@@]43C)[C@@H]2CC[C@]12O[C@@H]1C[C@H](C)CN[C@H]1[C@H]2C.CC1=C2C[C@H]3[C@@H](CCC4=CC(=O)CC[C@@]43C)[C@@H]2CC[C@]12O[C@@H]1C[C@H](C)CN[C@H]1[C@H]2C. The maximum atomic E-state index is 12.1. The Morgan fingerprint density at radius 3 is 1.82 bits per heavy atom. The number of aliphatic hydroxyl groups excluding tert-OH is 1. The molecule has 0 bridgehead atoms. The van der Waals surface area contributed by atoms with Crippen LogP contribution in [0, 0.1) is 70.0 Å². The molecule has 8 fully saturated rings. The summed E-state index contributed by atoms with van der Waals surface area (Å²) in [4.78, 5) is 12.1. The number of rotatable bonds is 0. The summed E-state index contributed by atoms with van der Waals surface area (Å²) in [6.07, 6.45) is 23.8. The first-order valence-electron chi connectivity index (χ1n) is 25.5. The number of hydrogen-bond acceptors (Lipinski definition) is 6. The molecule has 0 aromatic heterocycles. The average Bonchev–Trinajstić information content (AvgIpc) is 3.95. The van der Waals surface area contributed by atoms with Crippen LogP contribution in [-0.4, -0.2) is 65.6 Å². The van der Waals surface area contributed by atoms with Gasteiger partial charge in [0.05, 0.1) is 29.5 Å². The first kappa shape index (κ1) is 41.2. The molecule has 4 aliphatic heterocycles. The Morgan fingerprint density at radius 1 is 0.667 bits per heavy atom. The molecule has 12 aliphatic rings. The molecular weight excluding hydrogens is 741 g/mol. The molecule has 4 saturated heterocycles. The summed E-state index contributed by atoms with van der Waals surface area (Å²) in [5, 5.41) is 18.0. The summed E-state index contributed by atoms with van der Waals surface area (Å²) in [6.45, 7) is 21.8. The second-order valence-corrected chi connectivity index (χ2v) is 24.1. The zero-order chi connectivity index (χ0) is 41.7. The lowest BCUT2D eigenvalue weighted by Gasteiger charge is -2.49. The van der Waals surface area contributed by atoms with Crippen molar-refractivity contribution in [3.63, 3.8) is 0 Å². The molecule has 6 heteroatoms. The number of piperidine rings is 2. The highest BCUT2D eigenvalue weighted by atomic mass is 16.5. The molecule has 19 atom stereocenters. The zero-order valence-electron chi connectivity index (χ0n) is 38.7. The van der Waals surface area contributed by atoms with Gasteiger partial charge in [-0.25, -0.2) is 0 Å². The molecule has 4 heterocycles. The molecular formula is C54H80N2O4. The van der Waals surface area contributed by atoms with Gasteiger partial charge >= 0.3 is 0 Å². The van der Waals surface area contributed by atoms with E-state index < -0.39 is 0 Å². The van der Waals surface area contributed by atoms with E-state index in [1.165, 1.54) is 76.2 Å². The Morgan fingerprint density at radius 2 is 1.22 bits per heavy atom. The maximum absolute atomic E-state index is 12.1. The smallest absolute Gasteiger partial charge is 0.155 e. The van der Waals surface area contributed by atoms with E-state index in [0.717, 1.165) is 86.6 Å². The Labute approximate surface area is 363 Å². The van der Waals surface area contributed by atoms with Crippen molar-refractivity contribution in [2.45, 2.75) is 200 Å². The number of hydrogen-bond donors (Lipinski definition) is 3. The third-order valence-corrected chi connectivity index (χ3v) is 21.6. The van der Waals surface area contributed by atoms with Crippen molar-refractivity contribution in [3.8, 4) is 0 Å². The number of carbonyl (C=O) groups is 1. The molecule has 6 nitrogen and oxygen atoms in total. The van der Waals surface area contributed by atoms with Gasteiger partial charge in [-0.05, 0) is 199 Å². The summed E-state index contributed by atoms with van der Waals surface area (Å²) in [5.41, 5.74) is 10.3. The number of ketones is 1. The molecule has 0 aromatic rings. The van der Waals surface area contributed by atoms with Crippen LogP contribution < -0.4 is 10.6 Å². The van der Waals surface area contributed by atoms with E-state index in [0.29, 0.717) is 53.2 Å². The number of carbonyl (C=O) groups excluding carboxylic acids is 1. The molecule has 12 rings (SSSR count). The minimum absolute atomic E-state index is 0.0222. The number of aliphatic hydroxyl groups is 1. The molecule has 2 spiro atoms. The highest BCUT2D eigenvalue weighted by Crippen LogP contribution is 2.67. The first-order chi connectivity index (χ1) is 28.7. The van der Waals surface area contributed by atoms with Crippen molar-refractivity contribution in [1.82, 2.24) is 10.6 Å². The molecule has 0 amide bonds. The number of allylic oxidation sites excluding steroid dienone is 5. The molecule has 8 aliphatic carbocycles. The Hall–Kier alpha value is -1.57. The first-order valence-corrected chi connectivity index (χ1v) is 25.5. The van der Waals surface area contributed by atoms with E-state index in [1.807, 2.05) is 6.08 Å². The zero-order valence-corrected chi connectivity index (χ0v) is 38.7. The lowest BCUT2D eigenvalue weighted by molar-refractivity contribution is -0.116. The van der Waals surface area contributed by atoms with Crippen LogP contribution >= 0.6 is 0 Å². The Kier molecular flexibility index (Phi) is 9.92. The van der Waals surface area contributed by atoms with Gasteiger partial charge in [0.15, 0.2) is 5.78 Å². The van der Waals surface area contributed by atoms with Gasteiger partial charge < -0.3 is 25.2 Å². The van der Waals surface area contributed by atoms with Gasteiger partial charge in [0.25, 0.3) is 0 Å². The van der Waals surface area contributed by atoms with Crippen molar-refractivity contribution >= 4 is 5.78 Å². The van der Waals surface area contributed by atoms with Crippen molar-refractivity contribution in [2.24, 2.45) is 70.0 Å². The molecule has 330 valence electrons. The topological polar surface area (TPSA) is 79.8 Å². The lowest BCUT2D eigenvalue weighted by Crippen LogP contribution is -2.49. The molecule has 4 saturated carbocycles. The largest absolute Gasteiger partial charge is 0.393 e. The molecule has 0 aromatic carbocycles. The predicted octanol–water partition coefficient (Wildman–Crippen LogP) is 10.2. The van der Waals surface area contributed by atoms with Crippen molar-refractivity contribution in [1.29, 1.82) is 0 Å². The fraction of sp³-hybridized carbons (Fsp3) is 0.833. The van der Waals surface area contributed by atoms with E-state index in [4.69, 9.17) is 9.47 Å². The van der Waals surface area contributed by atoms with Crippen LogP contribution in [0.15, 0.2) is 45.6 Å². The summed E-state index contributed by atoms with van der Waals surface area (Å²) < 4.78 is 14.0. The number of fused-ring (bicyclic) bond motifs is 12. The maximum Gasteiger partial charge on any atom is 0.155 e. The van der Waals surface area contributed by atoms with Gasteiger partial charge in [0.1, 0.15) is 0 Å². The van der Waals surface area contributed by atoms with Crippen molar-refractivity contribution in [2.75, 3.05) is 13.1 Å². The quantitative estimate of drug-likeness (QED) is 0.211. The highest BCUT2D eigenvalue weighted by Gasteiger charge is 2.63. The number of ether oxygens (including phenoxy) is 2. The third kappa shape index (κ3) is 5.83. The lowest BCUT2D eigenvalue weighted by atomic mass is 9.56. The van der Waals surface area contributed by atoms with Crippen LogP contribution in [0.3, 0.4) is 0 Å². The van der Waals surface area contributed by atoms with Crippen LogP contribution in [0.1, 0.15) is 158 Å². The van der Waals surface area contributed by atoms with E-state index in [-0.39, 0.29) is 22.7 Å². The average molecular weight is 821 g/mol. The third-order valence-electron chi connectivity index (χ3n) is 21.6. The Bertz CT molecular complexity index is 1910. The van der Waals surface area contributed by atoms with Gasteiger partial charge in [0.2, 0.25) is 0 Å². The normalized spacial score (nSPS) is 53.8. The van der Waals surface area contributed by atoms with E-state index >= 15 is 0 Å². The molecule has 3 N–H and O–H groups in total. The van der Waals surface area contributed by atoms with Crippen LogP contribution in [0.25, 0.3) is 0 Å². The fourth-order valence-corrected chi connectivity index (χ4v) is 18.1. The van der Waals surface area contributed by atoms with Gasteiger partial charge in [-0.3, -0.25) is 4.79 Å². The molecule has 0 radical (unpaired) electrons. The van der Waals surface area contributed by atoms with E-state index in [2.05, 4.69) is 72.1 Å². The standard InChI is InChI=1S/C27H41NO2.C27H39NO2/c2*1-15-11-24-25(28-14-15)17(3)27(30-24)10-8-20-21-6-5-18-12-19(29)7-9-26(18,4)23(21)13-22(20)16(27)2/h5,15,17,19-21,23-25,28-29H,6-14H2,1-4H3;12,15,17,20-21,23-25,28H,5-11,13-14H2,1-4H3/t15-,17+,19?,20-,21-,23-,24+,25-,26-,27-;15-,17+,20-,21-,23-,24+,25-,26-,27-/m00/s1. The van der Waals surface area contributed by atoms with Crippen LogP contribution in [0.4, 0.5) is 0 Å². The van der Waals surface area contributed by atoms with Gasteiger partial charge in [-0.2, -0.15) is 0 Å². The second-order valence-electron chi connectivity index (χ2n) is 24.1. The second kappa shape index (κ2) is 14.5. The summed E-state index contributed by atoms with van der Waals surface area (Å²) in [5.74, 6) is 7.60. The van der Waals surface area contributed by atoms with Gasteiger partial charge in [-0.1, -0.05) is 69.9 Å².